The Morgan fingerprint density at radius 1 is 1.30 bits per heavy atom. The molecule has 98 valence electrons. The smallest absolute Gasteiger partial charge is 0.293 e. The van der Waals surface area contributed by atoms with Crippen molar-refractivity contribution in [2.24, 2.45) is 0 Å². The minimum Gasteiger partial charge on any atom is -0.425 e. The SMILES string of the molecule is O=c1c2cnc3cc(-c4cccs4)nn3c2ccn1O. The molecule has 0 unspecified atom stereocenters. The Labute approximate surface area is 116 Å². The van der Waals surface area contributed by atoms with Gasteiger partial charge >= 0.3 is 0 Å². The van der Waals surface area contributed by atoms with E-state index in [1.807, 2.05) is 23.6 Å². The first-order valence-electron chi connectivity index (χ1n) is 5.87. The van der Waals surface area contributed by atoms with Crippen molar-refractivity contribution in [2.75, 3.05) is 0 Å². The highest BCUT2D eigenvalue weighted by Gasteiger charge is 2.11. The first kappa shape index (κ1) is 11.2. The highest BCUT2D eigenvalue weighted by molar-refractivity contribution is 7.13. The van der Waals surface area contributed by atoms with Crippen LogP contribution in [0.15, 0.2) is 46.8 Å². The molecule has 6 nitrogen and oxygen atoms in total. The molecule has 0 aliphatic rings. The van der Waals surface area contributed by atoms with E-state index in [1.165, 1.54) is 12.4 Å². The summed E-state index contributed by atoms with van der Waals surface area (Å²) in [5.74, 6) is 0. The first-order valence-corrected chi connectivity index (χ1v) is 6.75. The molecule has 0 bridgehead atoms. The van der Waals surface area contributed by atoms with Gasteiger partial charge < -0.3 is 5.21 Å². The highest BCUT2D eigenvalue weighted by Crippen LogP contribution is 2.24. The number of pyridine rings is 1. The second kappa shape index (κ2) is 3.91. The van der Waals surface area contributed by atoms with Crippen LogP contribution < -0.4 is 5.56 Å². The average Bonchev–Trinajstić information content (AvgIpc) is 3.10. The van der Waals surface area contributed by atoms with E-state index in [0.29, 0.717) is 21.3 Å². The zero-order chi connectivity index (χ0) is 13.7. The summed E-state index contributed by atoms with van der Waals surface area (Å²) >= 11 is 1.59. The number of fused-ring (bicyclic) bond motifs is 3. The standard InChI is InChI=1S/C13H8N4O2S/c18-13-8-7-14-12-6-9(11-2-1-5-20-11)15-17(12)10(8)3-4-16(13)19/h1-7,19H. The van der Waals surface area contributed by atoms with Gasteiger partial charge in [-0.15, -0.1) is 11.3 Å². The van der Waals surface area contributed by atoms with Gasteiger partial charge in [-0.25, -0.2) is 9.50 Å². The predicted molar refractivity (Wildman–Crippen MR) is 75.3 cm³/mol. The molecule has 0 spiro atoms. The lowest BCUT2D eigenvalue weighted by molar-refractivity contribution is 0.176. The maximum atomic E-state index is 11.8. The molecular formula is C13H8N4O2S. The van der Waals surface area contributed by atoms with E-state index >= 15 is 0 Å². The van der Waals surface area contributed by atoms with Gasteiger partial charge in [0, 0.05) is 18.5 Å². The van der Waals surface area contributed by atoms with Gasteiger partial charge in [-0.3, -0.25) is 4.79 Å². The fourth-order valence-electron chi connectivity index (χ4n) is 2.15. The molecule has 0 fully saturated rings. The van der Waals surface area contributed by atoms with E-state index < -0.39 is 5.56 Å². The van der Waals surface area contributed by atoms with Crippen LogP contribution in [0.1, 0.15) is 0 Å². The summed E-state index contributed by atoms with van der Waals surface area (Å²) in [5.41, 5.74) is 1.59. The Morgan fingerprint density at radius 3 is 3.00 bits per heavy atom. The fraction of sp³-hybridized carbons (Fsp3) is 0. The minimum absolute atomic E-state index is 0.323. The molecule has 1 N–H and O–H groups in total. The lowest BCUT2D eigenvalue weighted by Crippen LogP contribution is -2.17. The van der Waals surface area contributed by atoms with Gasteiger partial charge in [-0.1, -0.05) is 6.07 Å². The zero-order valence-corrected chi connectivity index (χ0v) is 10.9. The Morgan fingerprint density at radius 2 is 2.20 bits per heavy atom. The van der Waals surface area contributed by atoms with Crippen molar-refractivity contribution >= 4 is 27.9 Å². The molecule has 4 rings (SSSR count). The van der Waals surface area contributed by atoms with E-state index in [0.717, 1.165) is 10.6 Å². The van der Waals surface area contributed by atoms with Crippen LogP contribution >= 0.6 is 11.3 Å². The molecule has 7 heteroatoms. The van der Waals surface area contributed by atoms with Crippen molar-refractivity contribution in [3.63, 3.8) is 0 Å². The summed E-state index contributed by atoms with van der Waals surface area (Å²) in [6.45, 7) is 0. The second-order valence-electron chi connectivity index (χ2n) is 4.30. The lowest BCUT2D eigenvalue weighted by Gasteiger charge is -2.01. The molecule has 0 amide bonds. The van der Waals surface area contributed by atoms with Crippen molar-refractivity contribution < 1.29 is 5.21 Å². The normalized spacial score (nSPS) is 11.4. The number of hydrogen-bond donors (Lipinski definition) is 1. The van der Waals surface area contributed by atoms with E-state index in [-0.39, 0.29) is 0 Å². The number of aromatic nitrogens is 4. The molecule has 0 aromatic carbocycles. The summed E-state index contributed by atoms with van der Waals surface area (Å²) in [6, 6.07) is 7.45. The first-order chi connectivity index (χ1) is 9.74. The Kier molecular flexibility index (Phi) is 2.19. The Hall–Kier alpha value is -2.67. The predicted octanol–water partition coefficient (Wildman–Crippen LogP) is 2.01. The third-order valence-electron chi connectivity index (χ3n) is 3.11. The van der Waals surface area contributed by atoms with Crippen LogP contribution in [0.25, 0.3) is 27.1 Å². The van der Waals surface area contributed by atoms with Gasteiger partial charge in [0.2, 0.25) is 0 Å². The minimum atomic E-state index is -0.509. The third kappa shape index (κ3) is 1.47. The number of hydrogen-bond acceptors (Lipinski definition) is 5. The van der Waals surface area contributed by atoms with Crippen molar-refractivity contribution in [3.05, 3.63) is 52.4 Å². The van der Waals surface area contributed by atoms with Gasteiger partial charge in [-0.05, 0) is 17.5 Å². The number of nitrogens with zero attached hydrogens (tertiary/aromatic N) is 4. The highest BCUT2D eigenvalue weighted by atomic mass is 32.1. The van der Waals surface area contributed by atoms with Crippen LogP contribution in [0, 0.1) is 0 Å². The van der Waals surface area contributed by atoms with Crippen molar-refractivity contribution in [3.8, 4) is 10.6 Å². The van der Waals surface area contributed by atoms with Gasteiger partial charge in [0.05, 0.1) is 15.8 Å². The van der Waals surface area contributed by atoms with Crippen LogP contribution in [-0.4, -0.2) is 24.5 Å². The monoisotopic (exact) mass is 284 g/mol. The molecule has 4 aromatic rings. The Balaban J connectivity index is 2.10. The molecule has 0 saturated carbocycles. The van der Waals surface area contributed by atoms with Gasteiger partial charge in [-0.2, -0.15) is 9.83 Å². The third-order valence-corrected chi connectivity index (χ3v) is 4.00. The number of rotatable bonds is 1. The van der Waals surface area contributed by atoms with Gasteiger partial charge in [0.1, 0.15) is 5.69 Å². The summed E-state index contributed by atoms with van der Waals surface area (Å²) < 4.78 is 2.16. The van der Waals surface area contributed by atoms with Crippen LogP contribution in [0.3, 0.4) is 0 Å². The van der Waals surface area contributed by atoms with Crippen LogP contribution in [0.5, 0.6) is 0 Å². The van der Waals surface area contributed by atoms with Crippen molar-refractivity contribution in [2.45, 2.75) is 0 Å². The Bertz CT molecular complexity index is 985. The second-order valence-corrected chi connectivity index (χ2v) is 5.25. The van der Waals surface area contributed by atoms with Crippen molar-refractivity contribution in [1.82, 2.24) is 19.3 Å². The molecule has 20 heavy (non-hydrogen) atoms. The summed E-state index contributed by atoms with van der Waals surface area (Å²) in [5, 5.41) is 16.2. The quantitative estimate of drug-likeness (QED) is 0.543. The van der Waals surface area contributed by atoms with E-state index in [2.05, 4.69) is 10.1 Å². The van der Waals surface area contributed by atoms with E-state index in [1.54, 1.807) is 21.9 Å². The topological polar surface area (TPSA) is 72.4 Å². The van der Waals surface area contributed by atoms with Crippen molar-refractivity contribution in [1.29, 1.82) is 0 Å². The maximum absolute atomic E-state index is 11.8. The molecule has 0 aliphatic carbocycles. The zero-order valence-electron chi connectivity index (χ0n) is 10.1. The molecule has 0 radical (unpaired) electrons. The van der Waals surface area contributed by atoms with E-state index in [9.17, 15) is 10.0 Å². The summed E-state index contributed by atoms with van der Waals surface area (Å²) in [7, 11) is 0. The molecule has 0 saturated heterocycles. The van der Waals surface area contributed by atoms with Gasteiger partial charge in [0.15, 0.2) is 5.65 Å². The fourth-order valence-corrected chi connectivity index (χ4v) is 2.83. The van der Waals surface area contributed by atoms with Crippen LogP contribution in [0.2, 0.25) is 0 Å². The van der Waals surface area contributed by atoms with Gasteiger partial charge in [0.25, 0.3) is 5.56 Å². The largest absolute Gasteiger partial charge is 0.425 e. The molecule has 0 aliphatic heterocycles. The van der Waals surface area contributed by atoms with Crippen LogP contribution in [0.4, 0.5) is 0 Å². The maximum Gasteiger partial charge on any atom is 0.293 e. The molecule has 4 heterocycles. The van der Waals surface area contributed by atoms with E-state index in [4.69, 9.17) is 0 Å². The summed E-state index contributed by atoms with van der Waals surface area (Å²) in [4.78, 5) is 17.1. The molecule has 4 aromatic heterocycles. The lowest BCUT2D eigenvalue weighted by atomic mass is 10.3. The summed E-state index contributed by atoms with van der Waals surface area (Å²) in [6.07, 6.45) is 2.76. The average molecular weight is 284 g/mol. The number of thiophene rings is 1. The molecule has 0 atom stereocenters. The van der Waals surface area contributed by atoms with Crippen LogP contribution in [-0.2, 0) is 0 Å². The molecular weight excluding hydrogens is 276 g/mol.